The van der Waals surface area contributed by atoms with Crippen molar-refractivity contribution < 1.29 is 9.53 Å². The van der Waals surface area contributed by atoms with Crippen LogP contribution in [0.4, 0.5) is 0 Å². The van der Waals surface area contributed by atoms with Crippen molar-refractivity contribution >= 4 is 16.8 Å². The number of hydrogen-bond acceptors (Lipinski definition) is 4. The number of amides is 1. The SMILES string of the molecule is CCCCc1cc(OC2CCN(CCCC(=O)NC(C)(C)C)C2)c2ncccc2c1. The lowest BCUT2D eigenvalue weighted by atomic mass is 10.0. The fourth-order valence-corrected chi connectivity index (χ4v) is 4.05. The van der Waals surface area contributed by atoms with E-state index in [0.29, 0.717) is 6.42 Å². The Morgan fingerprint density at radius 1 is 1.30 bits per heavy atom. The molecule has 0 radical (unpaired) electrons. The minimum atomic E-state index is -0.161. The van der Waals surface area contributed by atoms with Gasteiger partial charge in [0.25, 0.3) is 0 Å². The molecule has 5 nitrogen and oxygen atoms in total. The number of aromatic nitrogens is 1. The van der Waals surface area contributed by atoms with Gasteiger partial charge in [-0.1, -0.05) is 19.4 Å². The smallest absolute Gasteiger partial charge is 0.220 e. The Balaban J connectivity index is 1.55. The van der Waals surface area contributed by atoms with Gasteiger partial charge in [-0.05, 0) is 76.8 Å². The van der Waals surface area contributed by atoms with E-state index in [9.17, 15) is 4.79 Å². The zero-order valence-corrected chi connectivity index (χ0v) is 19.0. The number of ether oxygens (including phenoxy) is 1. The molecular weight excluding hydrogens is 374 g/mol. The lowest BCUT2D eigenvalue weighted by Gasteiger charge is -2.21. The molecule has 1 aliphatic heterocycles. The number of unbranched alkanes of at least 4 members (excludes halogenated alkanes) is 1. The van der Waals surface area contributed by atoms with Crippen molar-refractivity contribution in [3.05, 3.63) is 36.0 Å². The minimum absolute atomic E-state index is 0.135. The van der Waals surface area contributed by atoms with E-state index in [1.54, 1.807) is 0 Å². The number of hydrogen-bond donors (Lipinski definition) is 1. The molecule has 1 saturated heterocycles. The Morgan fingerprint density at radius 3 is 2.90 bits per heavy atom. The summed E-state index contributed by atoms with van der Waals surface area (Å²) < 4.78 is 6.45. The fourth-order valence-electron chi connectivity index (χ4n) is 4.05. The summed E-state index contributed by atoms with van der Waals surface area (Å²) in [4.78, 5) is 19.0. The van der Waals surface area contributed by atoms with Gasteiger partial charge in [0.1, 0.15) is 17.4 Å². The number of rotatable bonds is 9. The summed E-state index contributed by atoms with van der Waals surface area (Å²) in [5.74, 6) is 1.05. The van der Waals surface area contributed by atoms with E-state index in [0.717, 1.165) is 55.5 Å². The van der Waals surface area contributed by atoms with E-state index in [1.807, 2.05) is 33.0 Å². The molecule has 3 rings (SSSR count). The van der Waals surface area contributed by atoms with E-state index in [-0.39, 0.29) is 17.6 Å². The first-order chi connectivity index (χ1) is 14.3. The number of carbonyl (C=O) groups is 1. The summed E-state index contributed by atoms with van der Waals surface area (Å²) in [7, 11) is 0. The van der Waals surface area contributed by atoms with Crippen LogP contribution in [0.25, 0.3) is 10.9 Å². The highest BCUT2D eigenvalue weighted by molar-refractivity contribution is 5.85. The highest BCUT2D eigenvalue weighted by Gasteiger charge is 2.25. The molecule has 164 valence electrons. The Hall–Kier alpha value is -2.14. The van der Waals surface area contributed by atoms with Gasteiger partial charge in [-0.2, -0.15) is 0 Å². The molecule has 0 saturated carbocycles. The minimum Gasteiger partial charge on any atom is -0.487 e. The highest BCUT2D eigenvalue weighted by atomic mass is 16.5. The first-order valence-electron chi connectivity index (χ1n) is 11.4. The van der Waals surface area contributed by atoms with Gasteiger partial charge in [-0.3, -0.25) is 14.7 Å². The third-order valence-electron chi connectivity index (χ3n) is 5.46. The second kappa shape index (κ2) is 10.3. The Kier molecular flexibility index (Phi) is 7.70. The Labute approximate surface area is 181 Å². The summed E-state index contributed by atoms with van der Waals surface area (Å²) in [6, 6.07) is 8.54. The molecule has 2 aromatic rings. The summed E-state index contributed by atoms with van der Waals surface area (Å²) >= 11 is 0. The van der Waals surface area contributed by atoms with Crippen LogP contribution in [0.1, 0.15) is 65.4 Å². The average Bonchev–Trinajstić information content (AvgIpc) is 3.12. The standard InChI is InChI=1S/C25H37N3O2/c1-5-6-9-19-16-20-10-7-13-26-24(20)22(17-19)30-21-12-15-28(18-21)14-8-11-23(29)27-25(2,3)4/h7,10,13,16-17,21H,5-6,8-9,11-12,14-15,18H2,1-4H3,(H,27,29). The fraction of sp³-hybridized carbons (Fsp3) is 0.600. The number of pyridine rings is 1. The summed E-state index contributed by atoms with van der Waals surface area (Å²) in [5.41, 5.74) is 2.12. The van der Waals surface area contributed by atoms with E-state index >= 15 is 0 Å². The Bertz CT molecular complexity index is 844. The molecule has 1 fully saturated rings. The summed E-state index contributed by atoms with van der Waals surface area (Å²) in [5, 5.41) is 4.19. The van der Waals surface area contributed by atoms with Crippen molar-refractivity contribution in [3.8, 4) is 5.75 Å². The second-order valence-electron chi connectivity index (χ2n) is 9.50. The maximum Gasteiger partial charge on any atom is 0.220 e. The van der Waals surface area contributed by atoms with E-state index in [2.05, 4.69) is 40.3 Å². The molecule has 30 heavy (non-hydrogen) atoms. The zero-order chi connectivity index (χ0) is 21.6. The molecule has 1 aromatic carbocycles. The van der Waals surface area contributed by atoms with Crippen LogP contribution in [0.5, 0.6) is 5.75 Å². The topological polar surface area (TPSA) is 54.5 Å². The van der Waals surface area contributed by atoms with Crippen LogP contribution < -0.4 is 10.1 Å². The molecule has 1 unspecified atom stereocenters. The van der Waals surface area contributed by atoms with Gasteiger partial charge in [0, 0.05) is 36.6 Å². The molecule has 5 heteroatoms. The van der Waals surface area contributed by atoms with Gasteiger partial charge >= 0.3 is 0 Å². The van der Waals surface area contributed by atoms with Crippen LogP contribution in [-0.4, -0.2) is 47.1 Å². The molecule has 0 aliphatic carbocycles. The van der Waals surface area contributed by atoms with Gasteiger partial charge in [-0.25, -0.2) is 0 Å². The number of nitrogens with zero attached hydrogens (tertiary/aromatic N) is 2. The molecule has 1 atom stereocenters. The lowest BCUT2D eigenvalue weighted by molar-refractivity contribution is -0.122. The predicted molar refractivity (Wildman–Crippen MR) is 123 cm³/mol. The molecular formula is C25H37N3O2. The number of nitrogens with one attached hydrogen (secondary N) is 1. The monoisotopic (exact) mass is 411 g/mol. The summed E-state index contributed by atoms with van der Waals surface area (Å²) in [6.45, 7) is 11.1. The van der Waals surface area contributed by atoms with E-state index in [1.165, 1.54) is 18.4 Å². The first-order valence-corrected chi connectivity index (χ1v) is 11.4. The molecule has 0 spiro atoms. The van der Waals surface area contributed by atoms with Gasteiger partial charge in [0.05, 0.1) is 0 Å². The van der Waals surface area contributed by atoms with Gasteiger partial charge in [-0.15, -0.1) is 0 Å². The number of carbonyl (C=O) groups excluding carboxylic acids is 1. The number of aryl methyl sites for hydroxylation is 1. The van der Waals surface area contributed by atoms with Crippen LogP contribution in [0.2, 0.25) is 0 Å². The predicted octanol–water partition coefficient (Wildman–Crippen LogP) is 4.73. The van der Waals surface area contributed by atoms with E-state index < -0.39 is 0 Å². The van der Waals surface area contributed by atoms with Crippen molar-refractivity contribution in [1.29, 1.82) is 0 Å². The second-order valence-corrected chi connectivity index (χ2v) is 9.50. The van der Waals surface area contributed by atoms with Crippen LogP contribution in [-0.2, 0) is 11.2 Å². The van der Waals surface area contributed by atoms with Gasteiger partial charge in [0.15, 0.2) is 0 Å². The van der Waals surface area contributed by atoms with Crippen LogP contribution >= 0.6 is 0 Å². The highest BCUT2D eigenvalue weighted by Crippen LogP contribution is 2.29. The van der Waals surface area contributed by atoms with Gasteiger partial charge < -0.3 is 10.1 Å². The maximum atomic E-state index is 12.0. The first kappa shape index (κ1) is 22.5. The molecule has 1 aliphatic rings. The number of likely N-dealkylation sites (tertiary alicyclic amines) is 1. The third kappa shape index (κ3) is 6.69. The number of benzene rings is 1. The average molecular weight is 412 g/mol. The number of fused-ring (bicyclic) bond motifs is 1. The van der Waals surface area contributed by atoms with Crippen molar-refractivity contribution in [2.45, 2.75) is 77.9 Å². The van der Waals surface area contributed by atoms with Crippen molar-refractivity contribution in [2.24, 2.45) is 0 Å². The molecule has 1 aromatic heterocycles. The van der Waals surface area contributed by atoms with Crippen molar-refractivity contribution in [1.82, 2.24) is 15.2 Å². The van der Waals surface area contributed by atoms with Crippen molar-refractivity contribution in [3.63, 3.8) is 0 Å². The van der Waals surface area contributed by atoms with Gasteiger partial charge in [0.2, 0.25) is 5.91 Å². The normalized spacial score (nSPS) is 17.4. The quantitative estimate of drug-likeness (QED) is 0.648. The molecule has 0 bridgehead atoms. The van der Waals surface area contributed by atoms with E-state index in [4.69, 9.17) is 4.74 Å². The zero-order valence-electron chi connectivity index (χ0n) is 19.0. The summed E-state index contributed by atoms with van der Waals surface area (Å²) in [6.07, 6.45) is 7.94. The Morgan fingerprint density at radius 2 is 2.13 bits per heavy atom. The van der Waals surface area contributed by atoms with Crippen LogP contribution in [0.3, 0.4) is 0 Å². The van der Waals surface area contributed by atoms with Crippen LogP contribution in [0.15, 0.2) is 30.5 Å². The largest absolute Gasteiger partial charge is 0.487 e. The third-order valence-corrected chi connectivity index (χ3v) is 5.46. The molecule has 2 heterocycles. The maximum absolute atomic E-state index is 12.0. The van der Waals surface area contributed by atoms with Crippen LogP contribution in [0, 0.1) is 0 Å². The molecule has 1 amide bonds. The van der Waals surface area contributed by atoms with Crippen molar-refractivity contribution in [2.75, 3.05) is 19.6 Å². The molecule has 1 N–H and O–H groups in total. The lowest BCUT2D eigenvalue weighted by Crippen LogP contribution is -2.40.